The first kappa shape index (κ1) is 12.0. The maximum atomic E-state index is 11.9. The lowest BCUT2D eigenvalue weighted by Gasteiger charge is -2.17. The van der Waals surface area contributed by atoms with Crippen molar-refractivity contribution in [1.29, 1.82) is 0 Å². The van der Waals surface area contributed by atoms with Crippen molar-refractivity contribution in [2.24, 2.45) is 0 Å². The Morgan fingerprint density at radius 1 is 0.850 bits per heavy atom. The Hall–Kier alpha value is -3.02. The van der Waals surface area contributed by atoms with Gasteiger partial charge in [-0.2, -0.15) is 0 Å². The SMILES string of the molecule is O=C1C(O)=C(O)C(=O)c2c1cc1cccc(O)c1c2O. The zero-order valence-electron chi connectivity index (χ0n) is 9.91. The summed E-state index contributed by atoms with van der Waals surface area (Å²) in [5, 5.41) is 39.0. The van der Waals surface area contributed by atoms with Gasteiger partial charge in [0.2, 0.25) is 23.1 Å². The summed E-state index contributed by atoms with van der Waals surface area (Å²) >= 11 is 0. The maximum absolute atomic E-state index is 11.9. The van der Waals surface area contributed by atoms with Crippen LogP contribution in [0, 0.1) is 0 Å². The predicted molar refractivity (Wildman–Crippen MR) is 68.2 cm³/mol. The normalized spacial score (nSPS) is 14.8. The highest BCUT2D eigenvalue weighted by molar-refractivity contribution is 6.28. The zero-order chi connectivity index (χ0) is 14.6. The smallest absolute Gasteiger partial charge is 0.235 e. The first-order valence-corrected chi connectivity index (χ1v) is 5.62. The van der Waals surface area contributed by atoms with E-state index in [0.29, 0.717) is 5.39 Å². The molecule has 1 aliphatic rings. The van der Waals surface area contributed by atoms with E-state index in [1.54, 1.807) is 0 Å². The lowest BCUT2D eigenvalue weighted by atomic mass is 9.88. The average molecular weight is 272 g/mol. The molecule has 2 aromatic carbocycles. The van der Waals surface area contributed by atoms with Crippen molar-refractivity contribution in [1.82, 2.24) is 0 Å². The molecule has 0 amide bonds. The van der Waals surface area contributed by atoms with Crippen LogP contribution in [0.25, 0.3) is 10.8 Å². The highest BCUT2D eigenvalue weighted by atomic mass is 16.3. The Morgan fingerprint density at radius 3 is 2.20 bits per heavy atom. The van der Waals surface area contributed by atoms with Crippen LogP contribution in [0.2, 0.25) is 0 Å². The topological polar surface area (TPSA) is 115 Å². The summed E-state index contributed by atoms with van der Waals surface area (Å²) in [7, 11) is 0. The summed E-state index contributed by atoms with van der Waals surface area (Å²) in [6.45, 7) is 0. The van der Waals surface area contributed by atoms with Gasteiger partial charge < -0.3 is 20.4 Å². The van der Waals surface area contributed by atoms with Crippen LogP contribution in [0.1, 0.15) is 20.7 Å². The quantitative estimate of drug-likeness (QED) is 0.582. The van der Waals surface area contributed by atoms with Gasteiger partial charge in [-0.25, -0.2) is 0 Å². The second-order valence-electron chi connectivity index (χ2n) is 4.38. The van der Waals surface area contributed by atoms with E-state index in [-0.39, 0.29) is 16.7 Å². The minimum Gasteiger partial charge on any atom is -0.507 e. The Balaban J connectivity index is 2.49. The van der Waals surface area contributed by atoms with Gasteiger partial charge in [0.05, 0.1) is 10.9 Å². The van der Waals surface area contributed by atoms with E-state index in [1.807, 2.05) is 0 Å². The number of allylic oxidation sites excluding steroid dienone is 2. The molecule has 0 bridgehead atoms. The van der Waals surface area contributed by atoms with Crippen molar-refractivity contribution in [3.63, 3.8) is 0 Å². The number of fused-ring (bicyclic) bond motifs is 2. The number of benzene rings is 2. The van der Waals surface area contributed by atoms with E-state index in [1.165, 1.54) is 24.3 Å². The third-order valence-electron chi connectivity index (χ3n) is 3.24. The Labute approximate surface area is 111 Å². The molecule has 4 N–H and O–H groups in total. The van der Waals surface area contributed by atoms with Crippen LogP contribution < -0.4 is 0 Å². The van der Waals surface area contributed by atoms with Gasteiger partial charge in [0, 0.05) is 5.56 Å². The van der Waals surface area contributed by atoms with E-state index < -0.39 is 34.4 Å². The first-order valence-electron chi connectivity index (χ1n) is 5.62. The van der Waals surface area contributed by atoms with Gasteiger partial charge in [-0.05, 0) is 17.5 Å². The molecule has 0 spiro atoms. The highest BCUT2D eigenvalue weighted by Crippen LogP contribution is 2.40. The molecule has 2 aromatic rings. The van der Waals surface area contributed by atoms with Crippen LogP contribution in [0.15, 0.2) is 35.8 Å². The van der Waals surface area contributed by atoms with Gasteiger partial charge in [-0.15, -0.1) is 0 Å². The Bertz CT molecular complexity index is 831. The van der Waals surface area contributed by atoms with Crippen LogP contribution >= 0.6 is 0 Å². The van der Waals surface area contributed by atoms with E-state index in [2.05, 4.69) is 0 Å². The molecule has 0 unspecified atom stereocenters. The number of aromatic hydroxyl groups is 2. The van der Waals surface area contributed by atoms with E-state index in [0.717, 1.165) is 0 Å². The number of carbonyl (C=O) groups excluding carboxylic acids is 2. The van der Waals surface area contributed by atoms with Crippen LogP contribution in [0.4, 0.5) is 0 Å². The number of carbonyl (C=O) groups is 2. The van der Waals surface area contributed by atoms with Gasteiger partial charge in [0.15, 0.2) is 0 Å². The lowest BCUT2D eigenvalue weighted by Crippen LogP contribution is -2.22. The van der Waals surface area contributed by atoms with Gasteiger partial charge in [0.25, 0.3) is 0 Å². The second-order valence-corrected chi connectivity index (χ2v) is 4.38. The lowest BCUT2D eigenvalue weighted by molar-refractivity contribution is 0.0878. The van der Waals surface area contributed by atoms with Crippen molar-refractivity contribution < 1.29 is 30.0 Å². The fourth-order valence-electron chi connectivity index (χ4n) is 2.29. The number of rotatable bonds is 0. The summed E-state index contributed by atoms with van der Waals surface area (Å²) in [6, 6.07) is 5.62. The molecule has 100 valence electrons. The average Bonchev–Trinajstić information content (AvgIpc) is 2.42. The molecule has 1 aliphatic carbocycles. The Morgan fingerprint density at radius 2 is 1.50 bits per heavy atom. The fraction of sp³-hybridized carbons (Fsp3) is 0. The third-order valence-corrected chi connectivity index (χ3v) is 3.24. The second kappa shape index (κ2) is 3.74. The molecule has 6 heteroatoms. The summed E-state index contributed by atoms with van der Waals surface area (Å²) in [6.07, 6.45) is 0. The van der Waals surface area contributed by atoms with E-state index in [9.17, 15) is 30.0 Å². The van der Waals surface area contributed by atoms with Crippen LogP contribution in [0.3, 0.4) is 0 Å². The maximum Gasteiger partial charge on any atom is 0.235 e. The van der Waals surface area contributed by atoms with Crippen molar-refractivity contribution in [3.8, 4) is 11.5 Å². The van der Waals surface area contributed by atoms with Gasteiger partial charge in [0.1, 0.15) is 11.5 Å². The van der Waals surface area contributed by atoms with Crippen LogP contribution in [-0.4, -0.2) is 32.0 Å². The van der Waals surface area contributed by atoms with Gasteiger partial charge in [-0.1, -0.05) is 12.1 Å². The van der Waals surface area contributed by atoms with Gasteiger partial charge in [-0.3, -0.25) is 9.59 Å². The number of phenols is 2. The van der Waals surface area contributed by atoms with Crippen molar-refractivity contribution in [3.05, 3.63) is 46.9 Å². The molecular weight excluding hydrogens is 264 g/mol. The molecular formula is C14H8O6. The molecule has 0 saturated heterocycles. The summed E-state index contributed by atoms with van der Waals surface area (Å²) in [5.41, 5.74) is -0.653. The minimum absolute atomic E-state index is 0.00147. The first-order chi connectivity index (χ1) is 9.43. The van der Waals surface area contributed by atoms with Crippen LogP contribution in [0.5, 0.6) is 11.5 Å². The Kier molecular flexibility index (Phi) is 2.25. The number of aliphatic hydroxyl groups excluding tert-OH is 2. The third kappa shape index (κ3) is 1.33. The fourth-order valence-corrected chi connectivity index (χ4v) is 2.29. The van der Waals surface area contributed by atoms with Crippen molar-refractivity contribution >= 4 is 22.3 Å². The number of Topliss-reactive ketones (excluding diaryl/α,β-unsaturated/α-hetero) is 2. The van der Waals surface area contributed by atoms with E-state index in [4.69, 9.17) is 0 Å². The number of aliphatic hydroxyl groups is 2. The molecule has 0 aromatic heterocycles. The highest BCUT2D eigenvalue weighted by Gasteiger charge is 2.35. The molecule has 0 saturated carbocycles. The molecule has 0 aliphatic heterocycles. The van der Waals surface area contributed by atoms with Crippen LogP contribution in [-0.2, 0) is 0 Å². The standard InChI is InChI=1S/C14H8O6/c15-7-3-1-2-5-4-6-9(11(17)8(5)7)12(18)14(20)13(19)10(6)16/h1-4,15,17,19-20H. The zero-order valence-corrected chi connectivity index (χ0v) is 9.91. The molecule has 6 nitrogen and oxygen atoms in total. The van der Waals surface area contributed by atoms with Crippen molar-refractivity contribution in [2.45, 2.75) is 0 Å². The number of hydrogen-bond acceptors (Lipinski definition) is 6. The largest absolute Gasteiger partial charge is 0.507 e. The molecule has 0 heterocycles. The minimum atomic E-state index is -1.12. The monoisotopic (exact) mass is 272 g/mol. The molecule has 20 heavy (non-hydrogen) atoms. The van der Waals surface area contributed by atoms with Crippen molar-refractivity contribution in [2.75, 3.05) is 0 Å². The molecule has 0 fully saturated rings. The molecule has 0 atom stereocenters. The predicted octanol–water partition coefficient (Wildman–Crippen LogP) is 1.96. The summed E-state index contributed by atoms with van der Waals surface area (Å²) < 4.78 is 0. The molecule has 3 rings (SSSR count). The summed E-state index contributed by atoms with van der Waals surface area (Å²) in [4.78, 5) is 23.7. The molecule has 0 radical (unpaired) electrons. The van der Waals surface area contributed by atoms with Gasteiger partial charge >= 0.3 is 0 Å². The van der Waals surface area contributed by atoms with E-state index >= 15 is 0 Å². The summed E-state index contributed by atoms with van der Waals surface area (Å²) in [5.74, 6) is -5.07. The number of hydrogen-bond donors (Lipinski definition) is 4. The number of phenolic OH excluding ortho intramolecular Hbond substituents is 2. The number of ketones is 2.